The summed E-state index contributed by atoms with van der Waals surface area (Å²) < 4.78 is 1.81. The second-order valence-corrected chi connectivity index (χ2v) is 3.79. The Morgan fingerprint density at radius 1 is 1.38 bits per heavy atom. The molecule has 0 aliphatic heterocycles. The minimum atomic E-state index is 0.656. The molecule has 2 rings (SSSR count). The van der Waals surface area contributed by atoms with Gasteiger partial charge in [0.05, 0.1) is 5.69 Å². The van der Waals surface area contributed by atoms with Gasteiger partial charge >= 0.3 is 0 Å². The van der Waals surface area contributed by atoms with E-state index in [0.29, 0.717) is 12.5 Å². The lowest BCUT2D eigenvalue weighted by molar-refractivity contribution is 0.756. The van der Waals surface area contributed by atoms with E-state index in [2.05, 4.69) is 20.4 Å². The maximum absolute atomic E-state index is 4.28. The Balaban J connectivity index is 2.05. The highest BCUT2D eigenvalue weighted by Gasteiger charge is 2.03. The quantitative estimate of drug-likeness (QED) is 0.845. The summed E-state index contributed by atoms with van der Waals surface area (Å²) in [5, 5.41) is 7.46. The first-order valence-electron chi connectivity index (χ1n) is 5.18. The number of aryl methyl sites for hydroxylation is 3. The highest BCUT2D eigenvalue weighted by atomic mass is 15.3. The minimum absolute atomic E-state index is 0.656. The van der Waals surface area contributed by atoms with Gasteiger partial charge < -0.3 is 5.32 Å². The Bertz CT molecular complexity index is 489. The summed E-state index contributed by atoms with van der Waals surface area (Å²) in [5.41, 5.74) is 3.15. The maximum Gasteiger partial charge on any atom is 0.223 e. The van der Waals surface area contributed by atoms with Gasteiger partial charge in [0, 0.05) is 37.2 Å². The smallest absolute Gasteiger partial charge is 0.223 e. The second-order valence-electron chi connectivity index (χ2n) is 3.79. The summed E-state index contributed by atoms with van der Waals surface area (Å²) in [6.07, 6.45) is 3.75. The van der Waals surface area contributed by atoms with E-state index in [9.17, 15) is 0 Å². The molecule has 0 aromatic carbocycles. The van der Waals surface area contributed by atoms with Gasteiger partial charge in [-0.3, -0.25) is 4.68 Å². The van der Waals surface area contributed by atoms with E-state index in [4.69, 9.17) is 0 Å². The number of nitrogens with one attached hydrogen (secondary N) is 1. The van der Waals surface area contributed by atoms with E-state index in [0.717, 1.165) is 17.0 Å². The monoisotopic (exact) mass is 217 g/mol. The largest absolute Gasteiger partial charge is 0.350 e. The highest BCUT2D eigenvalue weighted by Crippen LogP contribution is 2.07. The molecule has 0 bridgehead atoms. The van der Waals surface area contributed by atoms with E-state index in [1.165, 1.54) is 0 Å². The maximum atomic E-state index is 4.28. The van der Waals surface area contributed by atoms with Crippen molar-refractivity contribution in [2.75, 3.05) is 5.32 Å². The van der Waals surface area contributed by atoms with Crippen LogP contribution in [0.25, 0.3) is 0 Å². The number of hydrogen-bond donors (Lipinski definition) is 1. The van der Waals surface area contributed by atoms with Crippen molar-refractivity contribution in [2.24, 2.45) is 7.05 Å². The molecule has 0 saturated carbocycles. The third-order valence-corrected chi connectivity index (χ3v) is 2.35. The zero-order valence-electron chi connectivity index (χ0n) is 9.73. The molecule has 0 fully saturated rings. The molecule has 0 spiro atoms. The van der Waals surface area contributed by atoms with E-state index in [-0.39, 0.29) is 0 Å². The normalized spacial score (nSPS) is 10.4. The molecule has 0 saturated heterocycles. The van der Waals surface area contributed by atoms with E-state index < -0.39 is 0 Å². The SMILES string of the molecule is Cc1ccnc(NCc2cn(C)nc2C)n1. The Kier molecular flexibility index (Phi) is 2.85. The van der Waals surface area contributed by atoms with Gasteiger partial charge in [-0.25, -0.2) is 9.97 Å². The minimum Gasteiger partial charge on any atom is -0.350 e. The summed E-state index contributed by atoms with van der Waals surface area (Å²) in [6.45, 7) is 4.64. The second kappa shape index (κ2) is 4.30. The predicted octanol–water partition coefficient (Wildman–Crippen LogP) is 1.44. The first kappa shape index (κ1) is 10.6. The van der Waals surface area contributed by atoms with Crippen LogP contribution in [0.4, 0.5) is 5.95 Å². The van der Waals surface area contributed by atoms with Crippen LogP contribution in [-0.2, 0) is 13.6 Å². The fourth-order valence-corrected chi connectivity index (χ4v) is 1.53. The Morgan fingerprint density at radius 2 is 2.19 bits per heavy atom. The molecule has 0 unspecified atom stereocenters. The van der Waals surface area contributed by atoms with Crippen molar-refractivity contribution in [1.29, 1.82) is 0 Å². The molecule has 0 aliphatic rings. The van der Waals surface area contributed by atoms with Crippen LogP contribution < -0.4 is 5.32 Å². The fraction of sp³-hybridized carbons (Fsp3) is 0.364. The van der Waals surface area contributed by atoms with Gasteiger partial charge in [-0.05, 0) is 19.9 Å². The molecular weight excluding hydrogens is 202 g/mol. The Morgan fingerprint density at radius 3 is 2.81 bits per heavy atom. The summed E-state index contributed by atoms with van der Waals surface area (Å²) >= 11 is 0. The molecular formula is C11H15N5. The summed E-state index contributed by atoms with van der Waals surface area (Å²) in [4.78, 5) is 8.42. The molecule has 2 heterocycles. The number of hydrogen-bond acceptors (Lipinski definition) is 4. The predicted molar refractivity (Wildman–Crippen MR) is 62.0 cm³/mol. The first-order valence-corrected chi connectivity index (χ1v) is 5.18. The Hall–Kier alpha value is -1.91. The topological polar surface area (TPSA) is 55.6 Å². The van der Waals surface area contributed by atoms with Crippen LogP contribution in [0.5, 0.6) is 0 Å². The zero-order chi connectivity index (χ0) is 11.5. The number of aromatic nitrogens is 4. The van der Waals surface area contributed by atoms with Crippen molar-refractivity contribution < 1.29 is 0 Å². The molecule has 0 atom stereocenters. The summed E-state index contributed by atoms with van der Waals surface area (Å²) in [7, 11) is 1.92. The Labute approximate surface area is 94.5 Å². The van der Waals surface area contributed by atoms with E-state index in [1.807, 2.05) is 37.8 Å². The van der Waals surface area contributed by atoms with Gasteiger partial charge in [-0.15, -0.1) is 0 Å². The summed E-state index contributed by atoms with van der Waals surface area (Å²) in [6, 6.07) is 1.88. The molecule has 5 heteroatoms. The van der Waals surface area contributed by atoms with Gasteiger partial charge in [-0.2, -0.15) is 5.10 Å². The average Bonchev–Trinajstić information content (AvgIpc) is 2.54. The molecule has 16 heavy (non-hydrogen) atoms. The van der Waals surface area contributed by atoms with Crippen LogP contribution in [0.15, 0.2) is 18.5 Å². The number of rotatable bonds is 3. The zero-order valence-corrected chi connectivity index (χ0v) is 9.73. The lowest BCUT2D eigenvalue weighted by atomic mass is 10.3. The summed E-state index contributed by atoms with van der Waals surface area (Å²) in [5.74, 6) is 0.656. The van der Waals surface area contributed by atoms with Crippen LogP contribution >= 0.6 is 0 Å². The first-order chi connectivity index (χ1) is 7.65. The van der Waals surface area contributed by atoms with Crippen molar-refractivity contribution >= 4 is 5.95 Å². The van der Waals surface area contributed by atoms with Crippen LogP contribution in [-0.4, -0.2) is 19.7 Å². The molecule has 2 aromatic rings. The molecule has 84 valence electrons. The fourth-order valence-electron chi connectivity index (χ4n) is 1.53. The molecule has 0 radical (unpaired) electrons. The van der Waals surface area contributed by atoms with Crippen LogP contribution in [0.3, 0.4) is 0 Å². The van der Waals surface area contributed by atoms with Crippen molar-refractivity contribution in [3.63, 3.8) is 0 Å². The number of anilines is 1. The molecule has 0 aliphatic carbocycles. The van der Waals surface area contributed by atoms with E-state index >= 15 is 0 Å². The third-order valence-electron chi connectivity index (χ3n) is 2.35. The molecule has 0 amide bonds. The third kappa shape index (κ3) is 2.36. The van der Waals surface area contributed by atoms with Gasteiger partial charge in [0.25, 0.3) is 0 Å². The van der Waals surface area contributed by atoms with Crippen molar-refractivity contribution in [1.82, 2.24) is 19.7 Å². The van der Waals surface area contributed by atoms with Gasteiger partial charge in [0.1, 0.15) is 0 Å². The van der Waals surface area contributed by atoms with Gasteiger partial charge in [0.2, 0.25) is 5.95 Å². The molecule has 1 N–H and O–H groups in total. The average molecular weight is 217 g/mol. The molecule has 5 nitrogen and oxygen atoms in total. The van der Waals surface area contributed by atoms with Crippen molar-refractivity contribution in [2.45, 2.75) is 20.4 Å². The standard InChI is InChI=1S/C11H15N5/c1-8-4-5-12-11(14-8)13-6-10-7-16(3)15-9(10)2/h4-5,7H,6H2,1-3H3,(H,12,13,14). The lowest BCUT2D eigenvalue weighted by Gasteiger charge is -2.03. The van der Waals surface area contributed by atoms with Gasteiger partial charge in [-0.1, -0.05) is 0 Å². The molecule has 2 aromatic heterocycles. The van der Waals surface area contributed by atoms with Crippen molar-refractivity contribution in [3.8, 4) is 0 Å². The lowest BCUT2D eigenvalue weighted by Crippen LogP contribution is -2.04. The van der Waals surface area contributed by atoms with E-state index in [1.54, 1.807) is 6.20 Å². The number of nitrogens with zero attached hydrogens (tertiary/aromatic N) is 4. The van der Waals surface area contributed by atoms with Crippen molar-refractivity contribution in [3.05, 3.63) is 35.4 Å². The van der Waals surface area contributed by atoms with Crippen LogP contribution in [0.2, 0.25) is 0 Å². The van der Waals surface area contributed by atoms with Gasteiger partial charge in [0.15, 0.2) is 0 Å². The van der Waals surface area contributed by atoms with Crippen LogP contribution in [0, 0.1) is 13.8 Å². The van der Waals surface area contributed by atoms with Crippen LogP contribution in [0.1, 0.15) is 17.0 Å². The highest BCUT2D eigenvalue weighted by molar-refractivity contribution is 5.28.